The molecule has 1 saturated heterocycles. The lowest BCUT2D eigenvalue weighted by atomic mass is 9.94. The lowest BCUT2D eigenvalue weighted by Crippen LogP contribution is -2.54. The number of amidine groups is 1. The third kappa shape index (κ3) is 5.00. The van der Waals surface area contributed by atoms with Crippen molar-refractivity contribution in [1.82, 2.24) is 15.2 Å². The first-order chi connectivity index (χ1) is 16.1. The second-order valence-electron chi connectivity index (χ2n) is 7.86. The number of carboxylic acid groups (broad SMARTS) is 2. The first kappa shape index (κ1) is 24.4. The van der Waals surface area contributed by atoms with Crippen molar-refractivity contribution in [3.8, 4) is 0 Å². The first-order valence-electron chi connectivity index (χ1n) is 10.1. The Bertz CT molecular complexity index is 1190. The number of nitrogens with zero attached hydrogens (tertiary/aromatic N) is 3. The van der Waals surface area contributed by atoms with E-state index < -0.39 is 55.3 Å². The van der Waals surface area contributed by atoms with Crippen molar-refractivity contribution in [2.24, 2.45) is 4.99 Å². The zero-order valence-corrected chi connectivity index (χ0v) is 19.7. The maximum absolute atomic E-state index is 14.2. The summed E-state index contributed by atoms with van der Waals surface area (Å²) in [5.74, 6) is -6.10. The number of aromatic nitrogens is 1. The quantitative estimate of drug-likeness (QED) is 0.495. The molecule has 0 saturated carbocycles. The molecule has 34 heavy (non-hydrogen) atoms. The van der Waals surface area contributed by atoms with Crippen LogP contribution in [0.5, 0.6) is 0 Å². The first-order valence-corrected chi connectivity index (χ1v) is 11.7. The molecule has 1 fully saturated rings. The fraction of sp³-hybridized carbons (Fsp3) is 0.333. The minimum atomic E-state index is -3.11. The molecule has 0 unspecified atom stereocenters. The van der Waals surface area contributed by atoms with Gasteiger partial charge in [0.1, 0.15) is 17.9 Å². The van der Waals surface area contributed by atoms with Gasteiger partial charge >= 0.3 is 11.9 Å². The van der Waals surface area contributed by atoms with Crippen LogP contribution in [-0.2, 0) is 9.59 Å². The number of thiazole rings is 1. The van der Waals surface area contributed by atoms with E-state index in [0.717, 1.165) is 11.0 Å². The molecule has 0 radical (unpaired) electrons. The highest BCUT2D eigenvalue weighted by Gasteiger charge is 2.44. The Labute approximate surface area is 204 Å². The van der Waals surface area contributed by atoms with Crippen LogP contribution in [0.15, 0.2) is 50.5 Å². The number of alkyl halides is 2. The number of aliphatic carboxylic acids is 2. The van der Waals surface area contributed by atoms with E-state index in [9.17, 15) is 33.0 Å². The van der Waals surface area contributed by atoms with E-state index in [2.05, 4.69) is 31.2 Å². The number of nitrogens with one attached hydrogen (secondary N) is 1. The van der Waals surface area contributed by atoms with Crippen molar-refractivity contribution >= 4 is 45.0 Å². The maximum Gasteiger partial charge on any atom is 0.335 e. The lowest BCUT2D eigenvalue weighted by Gasteiger charge is -2.38. The molecule has 0 spiro atoms. The monoisotopic (exact) mass is 558 g/mol. The Morgan fingerprint density at radius 2 is 2.09 bits per heavy atom. The van der Waals surface area contributed by atoms with Crippen LogP contribution in [0.2, 0.25) is 0 Å². The highest BCUT2D eigenvalue weighted by molar-refractivity contribution is 9.10. The SMILES string of the molecule is O=C(O)C1=C(CN2CC(F)(F)CC[C@H]2C(=O)O)NC(c2nccs2)=N[C@H]1c1ccc(F)cc1Br. The zero-order chi connectivity index (χ0) is 24.6. The molecule has 2 aliphatic rings. The minimum absolute atomic E-state index is 0.0119. The van der Waals surface area contributed by atoms with Crippen LogP contribution in [0.25, 0.3) is 0 Å². The molecule has 2 aliphatic heterocycles. The van der Waals surface area contributed by atoms with Gasteiger partial charge in [-0.15, -0.1) is 11.3 Å². The van der Waals surface area contributed by atoms with Crippen molar-refractivity contribution in [3.05, 3.63) is 61.9 Å². The van der Waals surface area contributed by atoms with Gasteiger partial charge in [0.05, 0.1) is 12.1 Å². The number of aliphatic imine (C=N–C) groups is 1. The van der Waals surface area contributed by atoms with Crippen LogP contribution in [-0.4, -0.2) is 62.9 Å². The van der Waals surface area contributed by atoms with Crippen molar-refractivity contribution in [2.45, 2.75) is 30.8 Å². The largest absolute Gasteiger partial charge is 0.480 e. The summed E-state index contributed by atoms with van der Waals surface area (Å²) in [6.45, 7) is -1.23. The summed E-state index contributed by atoms with van der Waals surface area (Å²) in [5.41, 5.74) is 0.0918. The number of hydrogen-bond acceptors (Lipinski definition) is 7. The maximum atomic E-state index is 14.2. The van der Waals surface area contributed by atoms with Gasteiger partial charge in [-0.1, -0.05) is 22.0 Å². The molecule has 1 aromatic carbocycles. The van der Waals surface area contributed by atoms with E-state index in [4.69, 9.17) is 0 Å². The molecule has 180 valence electrons. The van der Waals surface area contributed by atoms with Gasteiger partial charge < -0.3 is 15.5 Å². The highest BCUT2D eigenvalue weighted by Crippen LogP contribution is 2.37. The van der Waals surface area contributed by atoms with Crippen LogP contribution in [0.3, 0.4) is 0 Å². The third-order valence-corrected chi connectivity index (χ3v) is 7.02. The van der Waals surface area contributed by atoms with E-state index in [-0.39, 0.29) is 28.0 Å². The van der Waals surface area contributed by atoms with E-state index in [0.29, 0.717) is 10.6 Å². The average Bonchev–Trinajstić information content (AvgIpc) is 3.27. The van der Waals surface area contributed by atoms with Crippen LogP contribution < -0.4 is 5.32 Å². The smallest absolute Gasteiger partial charge is 0.335 e. The Morgan fingerprint density at radius 1 is 1.32 bits per heavy atom. The van der Waals surface area contributed by atoms with Crippen LogP contribution in [0, 0.1) is 5.82 Å². The Kier molecular flexibility index (Phi) is 6.78. The second-order valence-corrected chi connectivity index (χ2v) is 9.61. The van der Waals surface area contributed by atoms with E-state index >= 15 is 0 Å². The highest BCUT2D eigenvalue weighted by atomic mass is 79.9. The van der Waals surface area contributed by atoms with Gasteiger partial charge in [-0.2, -0.15) is 0 Å². The summed E-state index contributed by atoms with van der Waals surface area (Å²) >= 11 is 4.47. The molecule has 3 heterocycles. The summed E-state index contributed by atoms with van der Waals surface area (Å²) in [4.78, 5) is 33.8. The molecule has 4 rings (SSSR count). The van der Waals surface area contributed by atoms with Crippen LogP contribution >= 0.6 is 27.3 Å². The minimum Gasteiger partial charge on any atom is -0.480 e. The molecule has 2 atom stereocenters. The standard InChI is InChI=1S/C21H18BrF3N4O4S/c22-12-7-10(23)1-2-11(12)16-15(20(32)33)13(27-17(28-16)18-26-5-6-34-18)8-29-9-21(24,25)4-3-14(29)19(30)31/h1-2,5-7,14,16H,3-4,8-9H2,(H,27,28)(H,30,31)(H,32,33)/t14-,16-/m0/s1. The van der Waals surface area contributed by atoms with Crippen molar-refractivity contribution in [1.29, 1.82) is 0 Å². The summed E-state index contributed by atoms with van der Waals surface area (Å²) in [6.07, 6.45) is 0.669. The van der Waals surface area contributed by atoms with E-state index in [1.807, 2.05) is 0 Å². The molecule has 0 amide bonds. The van der Waals surface area contributed by atoms with Gasteiger partial charge in [-0.05, 0) is 24.1 Å². The topological polar surface area (TPSA) is 115 Å². The molecule has 13 heteroatoms. The van der Waals surface area contributed by atoms with Gasteiger partial charge in [0.25, 0.3) is 5.92 Å². The van der Waals surface area contributed by atoms with Gasteiger partial charge in [0.2, 0.25) is 0 Å². The number of piperidine rings is 1. The molecular formula is C21H18BrF3N4O4S. The number of benzene rings is 1. The molecule has 8 nitrogen and oxygen atoms in total. The van der Waals surface area contributed by atoms with Gasteiger partial charge in [0.15, 0.2) is 10.8 Å². The third-order valence-electron chi connectivity index (χ3n) is 5.55. The van der Waals surface area contributed by atoms with E-state index in [1.165, 1.54) is 29.7 Å². The predicted octanol–water partition coefficient (Wildman–Crippen LogP) is 3.66. The number of halogens is 4. The Balaban J connectivity index is 1.82. The average molecular weight is 559 g/mol. The summed E-state index contributed by atoms with van der Waals surface area (Å²) < 4.78 is 42.3. The Morgan fingerprint density at radius 3 is 2.71 bits per heavy atom. The number of carbonyl (C=O) groups is 2. The molecule has 0 aliphatic carbocycles. The molecule has 2 aromatic rings. The fourth-order valence-corrected chi connectivity index (χ4v) is 5.19. The van der Waals surface area contributed by atoms with Crippen molar-refractivity contribution in [2.75, 3.05) is 13.1 Å². The number of hydrogen-bond donors (Lipinski definition) is 3. The van der Waals surface area contributed by atoms with Crippen molar-refractivity contribution in [3.63, 3.8) is 0 Å². The van der Waals surface area contributed by atoms with Crippen LogP contribution in [0.1, 0.15) is 29.5 Å². The lowest BCUT2D eigenvalue weighted by molar-refractivity contribution is -0.151. The summed E-state index contributed by atoms with van der Waals surface area (Å²) in [5, 5.41) is 24.6. The summed E-state index contributed by atoms with van der Waals surface area (Å²) in [7, 11) is 0. The van der Waals surface area contributed by atoms with Crippen molar-refractivity contribution < 1.29 is 33.0 Å². The number of rotatable bonds is 6. The molecular weight excluding hydrogens is 541 g/mol. The van der Waals surface area contributed by atoms with Gasteiger partial charge in [0, 0.05) is 34.7 Å². The number of carboxylic acids is 2. The van der Waals surface area contributed by atoms with Crippen LogP contribution in [0.4, 0.5) is 13.2 Å². The molecule has 1 aromatic heterocycles. The van der Waals surface area contributed by atoms with Gasteiger partial charge in [-0.3, -0.25) is 14.7 Å². The fourth-order valence-electron chi connectivity index (χ4n) is 4.04. The second kappa shape index (κ2) is 9.47. The summed E-state index contributed by atoms with van der Waals surface area (Å²) in [6, 6.07) is 1.37. The number of likely N-dealkylation sites (tertiary alicyclic amines) is 1. The molecule has 0 bridgehead atoms. The normalized spacial score (nSPS) is 22.8. The zero-order valence-electron chi connectivity index (χ0n) is 17.3. The Hall–Kier alpha value is -2.77. The van der Waals surface area contributed by atoms with Gasteiger partial charge in [-0.25, -0.2) is 22.9 Å². The molecule has 3 N–H and O–H groups in total. The van der Waals surface area contributed by atoms with E-state index in [1.54, 1.807) is 5.38 Å². The predicted molar refractivity (Wildman–Crippen MR) is 120 cm³/mol.